The monoisotopic (exact) mass is 559 g/mol. The number of alkyl halides is 9. The largest absolute Gasteiger partial charge is 0.458 e. The molecule has 0 bridgehead atoms. The Morgan fingerprint density at radius 1 is 0.816 bits per heavy atom. The van der Waals surface area contributed by atoms with Crippen LogP contribution in [0.15, 0.2) is 48.7 Å². The van der Waals surface area contributed by atoms with Crippen molar-refractivity contribution in [2.24, 2.45) is 5.92 Å². The van der Waals surface area contributed by atoms with Gasteiger partial charge < -0.3 is 10.6 Å². The summed E-state index contributed by atoms with van der Waals surface area (Å²) >= 11 is 0. The summed E-state index contributed by atoms with van der Waals surface area (Å²) in [6.45, 7) is 4.32. The van der Waals surface area contributed by atoms with Gasteiger partial charge in [0.05, 0.1) is 12.0 Å². The predicted octanol–water partition coefficient (Wildman–Crippen LogP) is 5.15. The van der Waals surface area contributed by atoms with Crippen LogP contribution in [0.3, 0.4) is 0 Å². The number of carbonyl (C=O) groups is 3. The van der Waals surface area contributed by atoms with Crippen LogP contribution in [0, 0.1) is 5.92 Å². The van der Waals surface area contributed by atoms with Gasteiger partial charge in [0.15, 0.2) is 0 Å². The van der Waals surface area contributed by atoms with E-state index in [2.05, 4.69) is 15.6 Å². The number of Topliss-reactive ketones (excluding diaryl/α,β-unsaturated/α-hetero) is 2. The van der Waals surface area contributed by atoms with Gasteiger partial charge in [0, 0.05) is 30.2 Å². The topological polar surface area (TPSA) is 88.2 Å². The number of benzene rings is 1. The molecule has 0 spiro atoms. The van der Waals surface area contributed by atoms with Gasteiger partial charge >= 0.3 is 30.1 Å². The Morgan fingerprint density at radius 3 is 1.74 bits per heavy atom. The second kappa shape index (κ2) is 13.2. The molecular weight excluding hydrogens is 537 g/mol. The summed E-state index contributed by atoms with van der Waals surface area (Å²) in [6.07, 6.45) is -14.1. The van der Waals surface area contributed by atoms with Crippen molar-refractivity contribution in [3.05, 3.63) is 59.9 Å². The van der Waals surface area contributed by atoms with Gasteiger partial charge in [0.25, 0.3) is 0 Å². The Morgan fingerprint density at radius 2 is 1.34 bits per heavy atom. The average molecular weight is 559 g/mol. The molecule has 15 heteroatoms. The van der Waals surface area contributed by atoms with Crippen molar-refractivity contribution in [3.8, 4) is 0 Å². The first-order chi connectivity index (χ1) is 17.3. The SMILES string of the molecule is CC(C)[C@H](CNC(=O)Cc1ccccn1)Nc1ccc(C(F)(F)F)cc1.O=C(C(=O)C(F)(F)F)C(F)(F)F. The molecule has 1 atom stereocenters. The maximum Gasteiger partial charge on any atom is 0.458 e. The first kappa shape index (κ1) is 32.4. The molecule has 0 aliphatic rings. The molecule has 0 radical (unpaired) electrons. The summed E-state index contributed by atoms with van der Waals surface area (Å²) in [5.41, 5.74) is 0.574. The number of amides is 1. The number of nitrogens with one attached hydrogen (secondary N) is 2. The third-order valence-corrected chi connectivity index (χ3v) is 4.68. The minimum Gasteiger partial charge on any atom is -0.380 e. The van der Waals surface area contributed by atoms with Crippen LogP contribution in [0.2, 0.25) is 0 Å². The van der Waals surface area contributed by atoms with Crippen LogP contribution in [-0.2, 0) is 27.0 Å². The number of hydrogen-bond donors (Lipinski definition) is 2. The van der Waals surface area contributed by atoms with Gasteiger partial charge in [-0.05, 0) is 42.3 Å². The van der Waals surface area contributed by atoms with Gasteiger partial charge in [-0.1, -0.05) is 19.9 Å². The highest BCUT2D eigenvalue weighted by molar-refractivity contribution is 6.41. The fourth-order valence-electron chi connectivity index (χ4n) is 2.63. The molecule has 210 valence electrons. The molecule has 0 fully saturated rings. The molecule has 1 aromatic heterocycles. The van der Waals surface area contributed by atoms with Gasteiger partial charge in [-0.3, -0.25) is 19.4 Å². The Hall–Kier alpha value is -3.65. The van der Waals surface area contributed by atoms with E-state index < -0.39 is 35.7 Å². The summed E-state index contributed by atoms with van der Waals surface area (Å²) in [5, 5.41) is 6.03. The van der Waals surface area contributed by atoms with Crippen LogP contribution in [0.5, 0.6) is 0 Å². The minimum absolute atomic E-state index is 0.112. The predicted molar refractivity (Wildman–Crippen MR) is 117 cm³/mol. The summed E-state index contributed by atoms with van der Waals surface area (Å²) in [7, 11) is 0. The van der Waals surface area contributed by atoms with Crippen LogP contribution in [0.25, 0.3) is 0 Å². The number of nitrogens with zero attached hydrogens (tertiary/aromatic N) is 1. The Labute approximate surface area is 210 Å². The number of ketones is 2. The van der Waals surface area contributed by atoms with Crippen LogP contribution in [0.4, 0.5) is 45.2 Å². The molecular formula is C23H22F9N3O3. The van der Waals surface area contributed by atoms with Crippen molar-refractivity contribution >= 4 is 23.2 Å². The fraction of sp³-hybridized carbons (Fsp3) is 0.391. The summed E-state index contributed by atoms with van der Waals surface area (Å²) < 4.78 is 105. The zero-order valence-electron chi connectivity index (χ0n) is 19.8. The van der Waals surface area contributed by atoms with E-state index in [-0.39, 0.29) is 24.3 Å². The zero-order valence-corrected chi connectivity index (χ0v) is 19.8. The van der Waals surface area contributed by atoms with Gasteiger partial charge in [-0.25, -0.2) is 0 Å². The van der Waals surface area contributed by atoms with Crippen molar-refractivity contribution in [2.75, 3.05) is 11.9 Å². The first-order valence-corrected chi connectivity index (χ1v) is 10.7. The molecule has 1 amide bonds. The van der Waals surface area contributed by atoms with E-state index in [1.807, 2.05) is 19.9 Å². The molecule has 2 aromatic rings. The van der Waals surface area contributed by atoms with Crippen molar-refractivity contribution in [1.82, 2.24) is 10.3 Å². The molecule has 1 aromatic carbocycles. The lowest BCUT2D eigenvalue weighted by Gasteiger charge is -2.24. The minimum atomic E-state index is -5.77. The van der Waals surface area contributed by atoms with Crippen molar-refractivity contribution in [2.45, 2.75) is 44.8 Å². The molecule has 0 aliphatic carbocycles. The number of carbonyl (C=O) groups excluding carboxylic acids is 3. The molecule has 2 rings (SSSR count). The third-order valence-electron chi connectivity index (χ3n) is 4.68. The number of hydrogen-bond acceptors (Lipinski definition) is 5. The van der Waals surface area contributed by atoms with E-state index >= 15 is 0 Å². The van der Waals surface area contributed by atoms with Crippen LogP contribution in [0.1, 0.15) is 25.1 Å². The lowest BCUT2D eigenvalue weighted by atomic mass is 10.0. The maximum absolute atomic E-state index is 12.6. The van der Waals surface area contributed by atoms with Crippen LogP contribution >= 0.6 is 0 Å². The smallest absolute Gasteiger partial charge is 0.380 e. The molecule has 6 nitrogen and oxygen atoms in total. The summed E-state index contributed by atoms with van der Waals surface area (Å²) in [4.78, 5) is 35.4. The number of anilines is 1. The molecule has 2 N–H and O–H groups in total. The van der Waals surface area contributed by atoms with Gasteiger partial charge in [-0.15, -0.1) is 0 Å². The number of halogens is 9. The standard InChI is InChI=1S/C19H22F3N3O.C4F6O2/c1-13(2)17(12-24-18(26)11-16-5-3-4-10-23-16)25-15-8-6-14(7-9-15)19(20,21)22;5-3(6,7)1(11)2(12)4(8,9)10/h3-10,13,17,25H,11-12H2,1-2H3,(H,24,26);/t17-;/m0./s1. The fourth-order valence-corrected chi connectivity index (χ4v) is 2.63. The molecule has 0 aliphatic heterocycles. The molecule has 0 unspecified atom stereocenters. The van der Waals surface area contributed by atoms with E-state index in [1.165, 1.54) is 12.1 Å². The van der Waals surface area contributed by atoms with Crippen LogP contribution in [-0.4, -0.2) is 47.4 Å². The average Bonchev–Trinajstić information content (AvgIpc) is 2.80. The third kappa shape index (κ3) is 11.2. The lowest BCUT2D eigenvalue weighted by Crippen LogP contribution is -2.40. The highest BCUT2D eigenvalue weighted by Gasteiger charge is 2.54. The van der Waals surface area contributed by atoms with Gasteiger partial charge in [0.2, 0.25) is 5.91 Å². The summed E-state index contributed by atoms with van der Waals surface area (Å²) in [6, 6.07) is 10.1. The van der Waals surface area contributed by atoms with E-state index in [4.69, 9.17) is 0 Å². The van der Waals surface area contributed by atoms with E-state index in [0.717, 1.165) is 12.1 Å². The maximum atomic E-state index is 12.6. The van der Waals surface area contributed by atoms with Crippen molar-refractivity contribution in [1.29, 1.82) is 0 Å². The van der Waals surface area contributed by atoms with Gasteiger partial charge in [0.1, 0.15) is 0 Å². The summed E-state index contributed by atoms with van der Waals surface area (Å²) in [5.74, 6) is -6.79. The lowest BCUT2D eigenvalue weighted by molar-refractivity contribution is -0.193. The second-order valence-corrected chi connectivity index (χ2v) is 8.03. The number of rotatable bonds is 8. The van der Waals surface area contributed by atoms with Gasteiger partial charge in [-0.2, -0.15) is 39.5 Å². The normalized spacial score (nSPS) is 12.7. The van der Waals surface area contributed by atoms with E-state index in [1.54, 1.807) is 18.3 Å². The molecule has 0 saturated heterocycles. The first-order valence-electron chi connectivity index (χ1n) is 10.7. The van der Waals surface area contributed by atoms with E-state index in [9.17, 15) is 53.9 Å². The van der Waals surface area contributed by atoms with E-state index in [0.29, 0.717) is 17.9 Å². The Bertz CT molecular complexity index is 1040. The zero-order chi connectivity index (χ0) is 29.3. The Kier molecular flexibility index (Phi) is 11.3. The molecule has 38 heavy (non-hydrogen) atoms. The highest BCUT2D eigenvalue weighted by atomic mass is 19.4. The number of pyridine rings is 1. The number of aromatic nitrogens is 1. The molecule has 0 saturated carbocycles. The quantitative estimate of drug-likeness (QED) is 0.345. The Balaban J connectivity index is 0.000000508. The van der Waals surface area contributed by atoms with Crippen molar-refractivity contribution in [3.63, 3.8) is 0 Å². The van der Waals surface area contributed by atoms with Crippen LogP contribution < -0.4 is 10.6 Å². The molecule has 1 heterocycles. The second-order valence-electron chi connectivity index (χ2n) is 8.03. The highest BCUT2D eigenvalue weighted by Crippen LogP contribution is 2.30. The van der Waals surface area contributed by atoms with Crippen molar-refractivity contribution < 1.29 is 53.9 Å².